The van der Waals surface area contributed by atoms with Crippen molar-refractivity contribution in [3.63, 3.8) is 0 Å². The number of H-pyrrole nitrogens is 1. The molecular formula is C17H14N4O2. The number of carbonyl (C=O) groups is 1. The number of fused-ring (bicyclic) bond motifs is 2. The summed E-state index contributed by atoms with van der Waals surface area (Å²) in [6, 6.07) is 15.3. The van der Waals surface area contributed by atoms with E-state index < -0.39 is 0 Å². The normalized spacial score (nSPS) is 11.1. The van der Waals surface area contributed by atoms with Gasteiger partial charge in [0.15, 0.2) is 5.58 Å². The summed E-state index contributed by atoms with van der Waals surface area (Å²) in [6.45, 7) is 0.350. The van der Waals surface area contributed by atoms with E-state index in [1.54, 1.807) is 0 Å². The van der Waals surface area contributed by atoms with E-state index in [2.05, 4.69) is 20.4 Å². The number of aromatic nitrogens is 3. The molecule has 0 fully saturated rings. The first kappa shape index (κ1) is 13.5. The van der Waals surface area contributed by atoms with Crippen molar-refractivity contribution in [2.75, 3.05) is 0 Å². The Balaban J connectivity index is 1.43. The topological polar surface area (TPSA) is 83.8 Å². The molecular weight excluding hydrogens is 292 g/mol. The van der Waals surface area contributed by atoms with Gasteiger partial charge in [0, 0.05) is 5.39 Å². The fraction of sp³-hybridized carbons (Fsp3) is 0.118. The molecule has 0 saturated heterocycles. The van der Waals surface area contributed by atoms with Gasteiger partial charge in [-0.05, 0) is 24.3 Å². The van der Waals surface area contributed by atoms with Gasteiger partial charge in [0.2, 0.25) is 5.91 Å². The van der Waals surface area contributed by atoms with E-state index in [-0.39, 0.29) is 12.3 Å². The summed E-state index contributed by atoms with van der Waals surface area (Å²) in [4.78, 5) is 19.7. The molecule has 6 heteroatoms. The maximum absolute atomic E-state index is 12.1. The number of imidazole rings is 1. The standard InChI is InChI=1S/C17H14N4O2/c22-17(9-14-11-5-1-4-8-15(11)23-21-14)18-10-16-19-12-6-2-3-7-13(12)20-16/h1-8H,9-10H2,(H,18,22)(H,19,20). The summed E-state index contributed by atoms with van der Waals surface area (Å²) in [5.74, 6) is 0.606. The summed E-state index contributed by atoms with van der Waals surface area (Å²) in [5, 5.41) is 7.68. The van der Waals surface area contributed by atoms with Crippen LogP contribution in [0, 0.1) is 0 Å². The van der Waals surface area contributed by atoms with Crippen LogP contribution in [0.3, 0.4) is 0 Å². The minimum atomic E-state index is -0.121. The number of aromatic amines is 1. The lowest BCUT2D eigenvalue weighted by Gasteiger charge is -2.01. The van der Waals surface area contributed by atoms with Gasteiger partial charge in [-0.3, -0.25) is 4.79 Å². The first-order chi connectivity index (χ1) is 11.3. The number of carbonyl (C=O) groups excluding carboxylic acids is 1. The van der Waals surface area contributed by atoms with Crippen molar-refractivity contribution in [3.8, 4) is 0 Å². The Bertz CT molecular complexity index is 953. The molecule has 4 rings (SSSR count). The van der Waals surface area contributed by atoms with Crippen molar-refractivity contribution in [1.29, 1.82) is 0 Å². The number of para-hydroxylation sites is 3. The largest absolute Gasteiger partial charge is 0.356 e. The second-order valence-corrected chi connectivity index (χ2v) is 5.28. The van der Waals surface area contributed by atoms with Crippen molar-refractivity contribution in [2.45, 2.75) is 13.0 Å². The zero-order chi connectivity index (χ0) is 15.6. The smallest absolute Gasteiger partial charge is 0.226 e. The minimum absolute atomic E-state index is 0.121. The molecule has 23 heavy (non-hydrogen) atoms. The first-order valence-electron chi connectivity index (χ1n) is 7.33. The predicted octanol–water partition coefficient (Wildman–Crippen LogP) is 2.56. The molecule has 0 bridgehead atoms. The van der Waals surface area contributed by atoms with Crippen molar-refractivity contribution in [3.05, 3.63) is 60.0 Å². The molecule has 2 aromatic carbocycles. The molecule has 2 aromatic heterocycles. The quantitative estimate of drug-likeness (QED) is 0.607. The predicted molar refractivity (Wildman–Crippen MR) is 85.7 cm³/mol. The van der Waals surface area contributed by atoms with E-state index in [1.807, 2.05) is 48.5 Å². The van der Waals surface area contributed by atoms with Crippen molar-refractivity contribution in [2.24, 2.45) is 0 Å². The average Bonchev–Trinajstić information content (AvgIpc) is 3.17. The van der Waals surface area contributed by atoms with Gasteiger partial charge in [0.05, 0.1) is 24.0 Å². The van der Waals surface area contributed by atoms with Gasteiger partial charge in [0.1, 0.15) is 11.5 Å². The van der Waals surface area contributed by atoms with E-state index in [4.69, 9.17) is 4.52 Å². The molecule has 0 saturated carbocycles. The second-order valence-electron chi connectivity index (χ2n) is 5.28. The molecule has 0 aliphatic carbocycles. The summed E-state index contributed by atoms with van der Waals surface area (Å²) < 4.78 is 5.20. The molecule has 2 heterocycles. The Morgan fingerprint density at radius 3 is 2.87 bits per heavy atom. The molecule has 0 radical (unpaired) electrons. The van der Waals surface area contributed by atoms with E-state index >= 15 is 0 Å². The SMILES string of the molecule is O=C(Cc1noc2ccccc12)NCc1nc2ccccc2[nH]1. The van der Waals surface area contributed by atoms with Gasteiger partial charge in [-0.2, -0.15) is 0 Å². The van der Waals surface area contributed by atoms with E-state index in [9.17, 15) is 4.79 Å². The third-order valence-corrected chi connectivity index (χ3v) is 3.67. The zero-order valence-electron chi connectivity index (χ0n) is 12.2. The zero-order valence-corrected chi connectivity index (χ0v) is 12.2. The number of nitrogens with zero attached hydrogens (tertiary/aromatic N) is 2. The van der Waals surface area contributed by atoms with E-state index in [0.717, 1.165) is 22.2 Å². The van der Waals surface area contributed by atoms with Crippen LogP contribution in [0.1, 0.15) is 11.5 Å². The molecule has 0 aliphatic heterocycles. The molecule has 2 N–H and O–H groups in total. The molecule has 0 aliphatic rings. The highest BCUT2D eigenvalue weighted by molar-refractivity contribution is 5.86. The third-order valence-electron chi connectivity index (χ3n) is 3.67. The average molecular weight is 306 g/mol. The molecule has 6 nitrogen and oxygen atoms in total. The molecule has 0 spiro atoms. The Morgan fingerprint density at radius 2 is 1.96 bits per heavy atom. The number of nitrogens with one attached hydrogen (secondary N) is 2. The Hall–Kier alpha value is -3.15. The third kappa shape index (κ3) is 2.66. The van der Waals surface area contributed by atoms with Gasteiger partial charge in [-0.15, -0.1) is 0 Å². The van der Waals surface area contributed by atoms with Crippen LogP contribution >= 0.6 is 0 Å². The van der Waals surface area contributed by atoms with Gasteiger partial charge in [-0.25, -0.2) is 4.98 Å². The first-order valence-corrected chi connectivity index (χ1v) is 7.33. The highest BCUT2D eigenvalue weighted by atomic mass is 16.5. The summed E-state index contributed by atoms with van der Waals surface area (Å²) in [7, 11) is 0. The fourth-order valence-electron chi connectivity index (χ4n) is 2.55. The fourth-order valence-corrected chi connectivity index (χ4v) is 2.55. The van der Waals surface area contributed by atoms with Crippen molar-refractivity contribution < 1.29 is 9.32 Å². The molecule has 114 valence electrons. The van der Waals surface area contributed by atoms with Gasteiger partial charge < -0.3 is 14.8 Å². The lowest BCUT2D eigenvalue weighted by Crippen LogP contribution is -2.25. The minimum Gasteiger partial charge on any atom is -0.356 e. The Labute approximate surface area is 131 Å². The monoisotopic (exact) mass is 306 g/mol. The Kier molecular flexibility index (Phi) is 3.27. The number of hydrogen-bond acceptors (Lipinski definition) is 4. The number of hydrogen-bond donors (Lipinski definition) is 2. The number of amides is 1. The summed E-state index contributed by atoms with van der Waals surface area (Å²) in [6.07, 6.45) is 0.178. The summed E-state index contributed by atoms with van der Waals surface area (Å²) in [5.41, 5.74) is 3.17. The van der Waals surface area contributed by atoms with Gasteiger partial charge in [0.25, 0.3) is 0 Å². The van der Waals surface area contributed by atoms with Crippen LogP contribution < -0.4 is 5.32 Å². The van der Waals surface area contributed by atoms with Crippen LogP contribution in [0.15, 0.2) is 53.1 Å². The molecule has 4 aromatic rings. The molecule has 0 unspecified atom stereocenters. The van der Waals surface area contributed by atoms with Gasteiger partial charge in [-0.1, -0.05) is 29.4 Å². The van der Waals surface area contributed by atoms with Crippen LogP contribution in [0.25, 0.3) is 22.0 Å². The van der Waals surface area contributed by atoms with Crippen LogP contribution in [0.4, 0.5) is 0 Å². The second kappa shape index (κ2) is 5.57. The van der Waals surface area contributed by atoms with E-state index in [1.165, 1.54) is 0 Å². The van der Waals surface area contributed by atoms with Crippen LogP contribution in [-0.2, 0) is 17.8 Å². The van der Waals surface area contributed by atoms with Crippen LogP contribution in [0.2, 0.25) is 0 Å². The van der Waals surface area contributed by atoms with E-state index in [0.29, 0.717) is 17.8 Å². The highest BCUT2D eigenvalue weighted by Gasteiger charge is 2.12. The molecule has 0 atom stereocenters. The number of benzene rings is 2. The maximum atomic E-state index is 12.1. The lowest BCUT2D eigenvalue weighted by molar-refractivity contribution is -0.120. The molecule has 1 amide bonds. The number of rotatable bonds is 4. The van der Waals surface area contributed by atoms with Crippen LogP contribution in [-0.4, -0.2) is 21.0 Å². The Morgan fingerprint density at radius 1 is 1.13 bits per heavy atom. The summed E-state index contributed by atoms with van der Waals surface area (Å²) >= 11 is 0. The van der Waals surface area contributed by atoms with Crippen molar-refractivity contribution in [1.82, 2.24) is 20.4 Å². The van der Waals surface area contributed by atoms with Gasteiger partial charge >= 0.3 is 0 Å². The van der Waals surface area contributed by atoms with Crippen molar-refractivity contribution >= 4 is 27.9 Å². The maximum Gasteiger partial charge on any atom is 0.226 e. The van der Waals surface area contributed by atoms with Crippen LogP contribution in [0.5, 0.6) is 0 Å². The highest BCUT2D eigenvalue weighted by Crippen LogP contribution is 2.18. The lowest BCUT2D eigenvalue weighted by atomic mass is 10.1.